The number of aryl methyl sites for hydroxylation is 1. The molecule has 0 amide bonds. The molecular weight excluding hydrogens is 184 g/mol. The van der Waals surface area contributed by atoms with Crippen LogP contribution in [0.25, 0.3) is 0 Å². The summed E-state index contributed by atoms with van der Waals surface area (Å²) in [5.74, 6) is 0. The topological polar surface area (TPSA) is 20.2 Å². The molecule has 0 radical (unpaired) electrons. The van der Waals surface area contributed by atoms with E-state index in [4.69, 9.17) is 0 Å². The molecule has 15 heavy (non-hydrogen) atoms. The van der Waals surface area contributed by atoms with Crippen LogP contribution in [-0.2, 0) is 6.42 Å². The molecule has 82 valence electrons. The zero-order valence-corrected chi connectivity index (χ0v) is 9.66. The van der Waals surface area contributed by atoms with Crippen LogP contribution in [0.1, 0.15) is 30.9 Å². The van der Waals surface area contributed by atoms with Crippen LogP contribution in [-0.4, -0.2) is 10.7 Å². The van der Waals surface area contributed by atoms with Gasteiger partial charge in [-0.05, 0) is 37.8 Å². The van der Waals surface area contributed by atoms with Crippen molar-refractivity contribution in [1.29, 1.82) is 0 Å². The number of rotatable bonds is 5. The molecule has 0 bridgehead atoms. The Labute approximate surface area is 92.5 Å². The van der Waals surface area contributed by atoms with Gasteiger partial charge in [0.15, 0.2) is 0 Å². The Morgan fingerprint density at radius 1 is 1.40 bits per heavy atom. The summed E-state index contributed by atoms with van der Waals surface area (Å²) in [5.41, 5.74) is 1.85. The highest BCUT2D eigenvalue weighted by molar-refractivity contribution is 5.26. The summed E-state index contributed by atoms with van der Waals surface area (Å²) in [6.07, 6.45) is 4.20. The third-order valence-electron chi connectivity index (χ3n) is 2.72. The van der Waals surface area contributed by atoms with Crippen molar-refractivity contribution in [3.05, 3.63) is 48.0 Å². The van der Waals surface area contributed by atoms with E-state index >= 15 is 0 Å². The van der Waals surface area contributed by atoms with Crippen LogP contribution in [0.3, 0.4) is 0 Å². The standard InChI is InChI=1S/C14H20O/c1-4-5-10-14(3,15)11-13-9-7-6-8-12(13)2/h4,6-9,15H,1,5,10-11H2,2-3H3. The molecule has 0 aliphatic rings. The van der Waals surface area contributed by atoms with E-state index in [-0.39, 0.29) is 0 Å². The van der Waals surface area contributed by atoms with Gasteiger partial charge in [0.1, 0.15) is 0 Å². The van der Waals surface area contributed by atoms with Gasteiger partial charge in [-0.25, -0.2) is 0 Å². The largest absolute Gasteiger partial charge is 0.390 e. The lowest BCUT2D eigenvalue weighted by atomic mass is 9.90. The van der Waals surface area contributed by atoms with Gasteiger partial charge in [0, 0.05) is 6.42 Å². The van der Waals surface area contributed by atoms with E-state index in [9.17, 15) is 5.11 Å². The SMILES string of the molecule is C=CCCC(C)(O)Cc1ccccc1C. The number of benzene rings is 1. The lowest BCUT2D eigenvalue weighted by molar-refractivity contribution is 0.0522. The van der Waals surface area contributed by atoms with Crippen LogP contribution in [0, 0.1) is 6.92 Å². The van der Waals surface area contributed by atoms with E-state index in [0.717, 1.165) is 12.8 Å². The first-order chi connectivity index (χ1) is 7.05. The summed E-state index contributed by atoms with van der Waals surface area (Å²) in [6, 6.07) is 8.21. The molecule has 0 heterocycles. The first-order valence-electron chi connectivity index (χ1n) is 5.43. The van der Waals surface area contributed by atoms with E-state index in [2.05, 4.69) is 25.6 Å². The van der Waals surface area contributed by atoms with Crippen molar-refractivity contribution >= 4 is 0 Å². The second kappa shape index (κ2) is 5.13. The molecule has 1 heteroatoms. The average molecular weight is 204 g/mol. The van der Waals surface area contributed by atoms with Crippen LogP contribution >= 0.6 is 0 Å². The Balaban J connectivity index is 2.68. The molecule has 1 atom stereocenters. The second-order valence-electron chi connectivity index (χ2n) is 4.43. The maximum Gasteiger partial charge on any atom is 0.0663 e. The van der Waals surface area contributed by atoms with Gasteiger partial charge in [0.2, 0.25) is 0 Å². The lowest BCUT2D eigenvalue weighted by Crippen LogP contribution is -2.27. The molecular formula is C14H20O. The van der Waals surface area contributed by atoms with Crippen LogP contribution in [0.5, 0.6) is 0 Å². The Morgan fingerprint density at radius 3 is 2.67 bits per heavy atom. The van der Waals surface area contributed by atoms with Gasteiger partial charge in [-0.15, -0.1) is 6.58 Å². The minimum Gasteiger partial charge on any atom is -0.390 e. The van der Waals surface area contributed by atoms with Gasteiger partial charge >= 0.3 is 0 Å². The maximum absolute atomic E-state index is 10.2. The molecule has 1 N–H and O–H groups in total. The molecule has 0 aliphatic heterocycles. The van der Waals surface area contributed by atoms with Crippen LogP contribution in [0.2, 0.25) is 0 Å². The van der Waals surface area contributed by atoms with Crippen LogP contribution in [0.15, 0.2) is 36.9 Å². The fourth-order valence-corrected chi connectivity index (χ4v) is 1.72. The molecule has 1 rings (SSSR count). The molecule has 1 aromatic carbocycles. The third kappa shape index (κ3) is 3.88. The van der Waals surface area contributed by atoms with Crippen molar-refractivity contribution < 1.29 is 5.11 Å². The number of hydrogen-bond donors (Lipinski definition) is 1. The Bertz CT molecular complexity index is 326. The molecule has 0 saturated heterocycles. The summed E-state index contributed by atoms with van der Waals surface area (Å²) in [6.45, 7) is 7.65. The highest BCUT2D eigenvalue weighted by Gasteiger charge is 2.20. The maximum atomic E-state index is 10.2. The van der Waals surface area contributed by atoms with Gasteiger partial charge in [-0.2, -0.15) is 0 Å². The molecule has 0 spiro atoms. The van der Waals surface area contributed by atoms with Crippen molar-refractivity contribution in [2.45, 2.75) is 38.7 Å². The van der Waals surface area contributed by atoms with E-state index in [1.165, 1.54) is 11.1 Å². The van der Waals surface area contributed by atoms with Crippen molar-refractivity contribution in [2.24, 2.45) is 0 Å². The Hall–Kier alpha value is -1.08. The van der Waals surface area contributed by atoms with E-state index in [1.54, 1.807) is 0 Å². The lowest BCUT2D eigenvalue weighted by Gasteiger charge is -2.23. The Kier molecular flexibility index (Phi) is 4.10. The van der Waals surface area contributed by atoms with Crippen molar-refractivity contribution in [1.82, 2.24) is 0 Å². The molecule has 1 unspecified atom stereocenters. The van der Waals surface area contributed by atoms with E-state index in [1.807, 2.05) is 25.1 Å². The minimum absolute atomic E-state index is 0.625. The normalized spacial score (nSPS) is 14.6. The van der Waals surface area contributed by atoms with Gasteiger partial charge < -0.3 is 5.11 Å². The molecule has 0 aromatic heterocycles. The highest BCUT2D eigenvalue weighted by atomic mass is 16.3. The van der Waals surface area contributed by atoms with Crippen LogP contribution < -0.4 is 0 Å². The fraction of sp³-hybridized carbons (Fsp3) is 0.429. The molecule has 0 aliphatic carbocycles. The van der Waals surface area contributed by atoms with Crippen molar-refractivity contribution in [2.75, 3.05) is 0 Å². The predicted molar refractivity (Wildman–Crippen MR) is 64.9 cm³/mol. The summed E-state index contributed by atoms with van der Waals surface area (Å²) < 4.78 is 0. The smallest absolute Gasteiger partial charge is 0.0663 e. The zero-order chi connectivity index (χ0) is 11.3. The van der Waals surface area contributed by atoms with Crippen LogP contribution in [0.4, 0.5) is 0 Å². The summed E-state index contributed by atoms with van der Waals surface area (Å²) in [5, 5.41) is 10.2. The van der Waals surface area contributed by atoms with Gasteiger partial charge in [-0.1, -0.05) is 30.3 Å². The molecule has 1 aromatic rings. The molecule has 0 fully saturated rings. The highest BCUT2D eigenvalue weighted by Crippen LogP contribution is 2.20. The summed E-state index contributed by atoms with van der Waals surface area (Å²) in [4.78, 5) is 0. The number of aliphatic hydroxyl groups is 1. The number of hydrogen-bond acceptors (Lipinski definition) is 1. The minimum atomic E-state index is -0.625. The third-order valence-corrected chi connectivity index (χ3v) is 2.72. The van der Waals surface area contributed by atoms with Gasteiger partial charge in [0.25, 0.3) is 0 Å². The summed E-state index contributed by atoms with van der Waals surface area (Å²) >= 11 is 0. The quantitative estimate of drug-likeness (QED) is 0.730. The summed E-state index contributed by atoms with van der Waals surface area (Å²) in [7, 11) is 0. The fourth-order valence-electron chi connectivity index (χ4n) is 1.72. The monoisotopic (exact) mass is 204 g/mol. The zero-order valence-electron chi connectivity index (χ0n) is 9.66. The average Bonchev–Trinajstić information content (AvgIpc) is 2.18. The van der Waals surface area contributed by atoms with Crippen molar-refractivity contribution in [3.8, 4) is 0 Å². The molecule has 1 nitrogen and oxygen atoms in total. The second-order valence-corrected chi connectivity index (χ2v) is 4.43. The van der Waals surface area contributed by atoms with Gasteiger partial charge in [0.05, 0.1) is 5.60 Å². The van der Waals surface area contributed by atoms with Gasteiger partial charge in [-0.3, -0.25) is 0 Å². The first kappa shape index (κ1) is 12.0. The first-order valence-corrected chi connectivity index (χ1v) is 5.43. The number of allylic oxidation sites excluding steroid dienone is 1. The van der Waals surface area contributed by atoms with E-state index < -0.39 is 5.60 Å². The predicted octanol–water partition coefficient (Wildman–Crippen LogP) is 3.25. The molecule has 0 saturated carbocycles. The Morgan fingerprint density at radius 2 is 2.07 bits per heavy atom. The van der Waals surface area contributed by atoms with Crippen molar-refractivity contribution in [3.63, 3.8) is 0 Å². The van der Waals surface area contributed by atoms with E-state index in [0.29, 0.717) is 6.42 Å².